The number of nitrogens with zero attached hydrogens (tertiary/aromatic N) is 1. The van der Waals surface area contributed by atoms with Crippen LogP contribution in [0.15, 0.2) is 29.1 Å². The van der Waals surface area contributed by atoms with Gasteiger partial charge < -0.3 is 4.98 Å². The van der Waals surface area contributed by atoms with E-state index >= 15 is 0 Å². The maximum absolute atomic E-state index is 11.9. The molecule has 0 bridgehead atoms. The van der Waals surface area contributed by atoms with Crippen LogP contribution in [-0.4, -0.2) is 9.97 Å². The number of aromatic amines is 1. The third-order valence-electron chi connectivity index (χ3n) is 3.82. The van der Waals surface area contributed by atoms with E-state index in [2.05, 4.69) is 34.2 Å². The minimum Gasteiger partial charge on any atom is -0.306 e. The standard InChI is InChI=1S/C16H18N2O/c1-3-14-10(2)16(19)18-15(17-14)13-8-6-12(7-9-13)11-4-5-11/h6-9,11H,3-5H2,1-2H3,(H,17,18,19). The lowest BCUT2D eigenvalue weighted by molar-refractivity contribution is 0.954. The predicted octanol–water partition coefficient (Wildman–Crippen LogP) is 3.19. The summed E-state index contributed by atoms with van der Waals surface area (Å²) < 4.78 is 0. The minimum absolute atomic E-state index is 0.0341. The summed E-state index contributed by atoms with van der Waals surface area (Å²) in [6.45, 7) is 3.85. The molecule has 0 saturated heterocycles. The summed E-state index contributed by atoms with van der Waals surface area (Å²) >= 11 is 0. The van der Waals surface area contributed by atoms with E-state index in [9.17, 15) is 4.79 Å². The van der Waals surface area contributed by atoms with Crippen molar-refractivity contribution in [3.63, 3.8) is 0 Å². The summed E-state index contributed by atoms with van der Waals surface area (Å²) in [7, 11) is 0. The number of benzene rings is 1. The smallest absolute Gasteiger partial charge is 0.254 e. The molecule has 1 aliphatic carbocycles. The maximum atomic E-state index is 11.9. The third kappa shape index (κ3) is 2.33. The van der Waals surface area contributed by atoms with E-state index in [0.717, 1.165) is 29.2 Å². The number of H-pyrrole nitrogens is 1. The van der Waals surface area contributed by atoms with Gasteiger partial charge in [0.25, 0.3) is 5.56 Å². The lowest BCUT2D eigenvalue weighted by Gasteiger charge is -2.06. The first-order valence-electron chi connectivity index (χ1n) is 6.89. The zero-order chi connectivity index (χ0) is 13.4. The van der Waals surface area contributed by atoms with Gasteiger partial charge in [0, 0.05) is 11.1 Å². The molecule has 0 amide bonds. The van der Waals surface area contributed by atoms with Crippen molar-refractivity contribution in [2.24, 2.45) is 0 Å². The second-order valence-electron chi connectivity index (χ2n) is 5.24. The highest BCUT2D eigenvalue weighted by Crippen LogP contribution is 2.40. The van der Waals surface area contributed by atoms with Crippen molar-refractivity contribution in [3.05, 3.63) is 51.4 Å². The second kappa shape index (κ2) is 4.65. The Morgan fingerprint density at radius 1 is 1.26 bits per heavy atom. The molecule has 1 heterocycles. The van der Waals surface area contributed by atoms with Gasteiger partial charge in [0.2, 0.25) is 0 Å². The molecular weight excluding hydrogens is 236 g/mol. The second-order valence-corrected chi connectivity index (χ2v) is 5.24. The largest absolute Gasteiger partial charge is 0.306 e. The van der Waals surface area contributed by atoms with Gasteiger partial charge in [-0.15, -0.1) is 0 Å². The highest BCUT2D eigenvalue weighted by Gasteiger charge is 2.23. The van der Waals surface area contributed by atoms with Crippen LogP contribution in [0.2, 0.25) is 0 Å². The van der Waals surface area contributed by atoms with Crippen molar-refractivity contribution in [1.29, 1.82) is 0 Å². The van der Waals surface area contributed by atoms with E-state index in [1.165, 1.54) is 18.4 Å². The lowest BCUT2D eigenvalue weighted by atomic mass is 10.1. The van der Waals surface area contributed by atoms with Gasteiger partial charge in [0.15, 0.2) is 0 Å². The summed E-state index contributed by atoms with van der Waals surface area (Å²) in [6, 6.07) is 8.42. The molecule has 0 radical (unpaired) electrons. The van der Waals surface area contributed by atoms with Gasteiger partial charge in [-0.25, -0.2) is 4.98 Å². The number of rotatable bonds is 3. The molecule has 0 spiro atoms. The van der Waals surface area contributed by atoms with Crippen LogP contribution in [0.3, 0.4) is 0 Å². The van der Waals surface area contributed by atoms with E-state index in [1.54, 1.807) is 0 Å². The average Bonchev–Trinajstić information content (AvgIpc) is 3.26. The van der Waals surface area contributed by atoms with Crippen LogP contribution in [0, 0.1) is 6.92 Å². The van der Waals surface area contributed by atoms with Gasteiger partial charge in [-0.2, -0.15) is 0 Å². The number of nitrogens with one attached hydrogen (secondary N) is 1. The zero-order valence-electron chi connectivity index (χ0n) is 11.4. The first-order chi connectivity index (χ1) is 9.19. The highest BCUT2D eigenvalue weighted by atomic mass is 16.1. The summed E-state index contributed by atoms with van der Waals surface area (Å²) in [5.74, 6) is 1.43. The van der Waals surface area contributed by atoms with E-state index in [0.29, 0.717) is 5.82 Å². The van der Waals surface area contributed by atoms with E-state index < -0.39 is 0 Å². The number of hydrogen-bond donors (Lipinski definition) is 1. The van der Waals surface area contributed by atoms with Crippen molar-refractivity contribution in [2.75, 3.05) is 0 Å². The van der Waals surface area contributed by atoms with Crippen molar-refractivity contribution >= 4 is 0 Å². The molecule has 3 nitrogen and oxygen atoms in total. The molecule has 2 aromatic rings. The quantitative estimate of drug-likeness (QED) is 0.914. The zero-order valence-corrected chi connectivity index (χ0v) is 11.4. The molecule has 1 aromatic heterocycles. The average molecular weight is 254 g/mol. The van der Waals surface area contributed by atoms with Crippen molar-refractivity contribution in [3.8, 4) is 11.4 Å². The van der Waals surface area contributed by atoms with Crippen LogP contribution in [0.1, 0.15) is 42.5 Å². The van der Waals surface area contributed by atoms with Gasteiger partial charge in [0.05, 0.1) is 5.69 Å². The van der Waals surface area contributed by atoms with Crippen LogP contribution in [0.25, 0.3) is 11.4 Å². The molecule has 1 fully saturated rings. The molecule has 98 valence electrons. The van der Waals surface area contributed by atoms with Gasteiger partial charge >= 0.3 is 0 Å². The summed E-state index contributed by atoms with van der Waals surface area (Å²) in [5, 5.41) is 0. The molecular formula is C16H18N2O. The Morgan fingerprint density at radius 3 is 2.53 bits per heavy atom. The van der Waals surface area contributed by atoms with Crippen LogP contribution in [0.4, 0.5) is 0 Å². The van der Waals surface area contributed by atoms with Crippen molar-refractivity contribution in [2.45, 2.75) is 39.0 Å². The normalized spacial score (nSPS) is 14.6. The lowest BCUT2D eigenvalue weighted by Crippen LogP contribution is -2.15. The third-order valence-corrected chi connectivity index (χ3v) is 3.82. The summed E-state index contributed by atoms with van der Waals surface area (Å²) in [5.41, 5.74) is 3.95. The monoisotopic (exact) mass is 254 g/mol. The summed E-state index contributed by atoms with van der Waals surface area (Å²) in [6.07, 6.45) is 3.39. The first-order valence-corrected chi connectivity index (χ1v) is 6.89. The highest BCUT2D eigenvalue weighted by molar-refractivity contribution is 5.56. The van der Waals surface area contributed by atoms with Crippen LogP contribution in [0.5, 0.6) is 0 Å². The van der Waals surface area contributed by atoms with E-state index in [-0.39, 0.29) is 5.56 Å². The molecule has 0 aliphatic heterocycles. The molecule has 1 saturated carbocycles. The SMILES string of the molecule is CCc1nc(-c2ccc(C3CC3)cc2)[nH]c(=O)c1C. The number of aryl methyl sites for hydroxylation is 1. The predicted molar refractivity (Wildman–Crippen MR) is 76.4 cm³/mol. The Hall–Kier alpha value is -1.90. The van der Waals surface area contributed by atoms with Gasteiger partial charge in [-0.1, -0.05) is 31.2 Å². The molecule has 19 heavy (non-hydrogen) atoms. The Labute approximate surface area is 112 Å². The van der Waals surface area contributed by atoms with Crippen LogP contribution < -0.4 is 5.56 Å². The van der Waals surface area contributed by atoms with Crippen molar-refractivity contribution in [1.82, 2.24) is 9.97 Å². The van der Waals surface area contributed by atoms with Gasteiger partial charge in [-0.3, -0.25) is 4.79 Å². The fourth-order valence-electron chi connectivity index (χ4n) is 2.39. The Balaban J connectivity index is 2.01. The summed E-state index contributed by atoms with van der Waals surface area (Å²) in [4.78, 5) is 19.3. The molecule has 3 heteroatoms. The fraction of sp³-hybridized carbons (Fsp3) is 0.375. The Bertz CT molecular complexity index is 651. The van der Waals surface area contributed by atoms with E-state index in [1.807, 2.05) is 13.8 Å². The molecule has 3 rings (SSSR count). The topological polar surface area (TPSA) is 45.8 Å². The Morgan fingerprint density at radius 2 is 1.95 bits per heavy atom. The minimum atomic E-state index is -0.0341. The molecule has 0 atom stereocenters. The number of aromatic nitrogens is 2. The maximum Gasteiger partial charge on any atom is 0.254 e. The van der Waals surface area contributed by atoms with Gasteiger partial charge in [0.1, 0.15) is 5.82 Å². The van der Waals surface area contributed by atoms with Crippen LogP contribution in [-0.2, 0) is 6.42 Å². The molecule has 1 N–H and O–H groups in total. The Kier molecular flexibility index (Phi) is 2.97. The fourth-order valence-corrected chi connectivity index (χ4v) is 2.39. The molecule has 1 aromatic carbocycles. The van der Waals surface area contributed by atoms with Crippen molar-refractivity contribution < 1.29 is 0 Å². The molecule has 0 unspecified atom stereocenters. The first kappa shape index (κ1) is 12.2. The molecule has 1 aliphatic rings. The van der Waals surface area contributed by atoms with Gasteiger partial charge in [-0.05, 0) is 37.7 Å². The number of hydrogen-bond acceptors (Lipinski definition) is 2. The van der Waals surface area contributed by atoms with Crippen LogP contribution >= 0.6 is 0 Å². The van der Waals surface area contributed by atoms with E-state index in [4.69, 9.17) is 0 Å².